The van der Waals surface area contributed by atoms with Gasteiger partial charge in [-0.1, -0.05) is 32.8 Å². The van der Waals surface area contributed by atoms with Crippen LogP contribution in [0.1, 0.15) is 45.1 Å². The highest BCUT2D eigenvalue weighted by Crippen LogP contribution is 2.33. The maximum atomic E-state index is 12.0. The van der Waals surface area contributed by atoms with Gasteiger partial charge < -0.3 is 14.8 Å². The van der Waals surface area contributed by atoms with Gasteiger partial charge in [0.15, 0.2) is 5.58 Å². The van der Waals surface area contributed by atoms with E-state index in [1.807, 2.05) is 18.2 Å². The number of carbonyl (C=O) groups excluding carboxylic acids is 1. The monoisotopic (exact) mass is 352 g/mol. The Kier molecular flexibility index (Phi) is 5.56. The average Bonchev–Trinajstić information content (AvgIpc) is 3.06. The molecule has 0 bridgehead atoms. The van der Waals surface area contributed by atoms with E-state index in [0.717, 1.165) is 31.2 Å². The predicted octanol–water partition coefficient (Wildman–Crippen LogP) is 5.28. The summed E-state index contributed by atoms with van der Waals surface area (Å²) in [5.41, 5.74) is 3.69. The SMILES string of the molecule is CCCCCC(=O)Nc1ccc(O)c(-c2nc3cc(CC)ccc3o2)c1. The molecule has 1 heterocycles. The molecule has 0 saturated heterocycles. The molecule has 0 aliphatic carbocycles. The summed E-state index contributed by atoms with van der Waals surface area (Å²) < 4.78 is 5.79. The first-order chi connectivity index (χ1) is 12.6. The second-order valence-corrected chi connectivity index (χ2v) is 6.41. The molecular weight excluding hydrogens is 328 g/mol. The first-order valence-corrected chi connectivity index (χ1v) is 9.13. The van der Waals surface area contributed by atoms with Gasteiger partial charge in [-0.3, -0.25) is 4.79 Å². The number of fused-ring (bicyclic) bond motifs is 1. The number of phenolic OH excluding ortho intramolecular Hbond substituents is 1. The Hall–Kier alpha value is -2.82. The van der Waals surface area contributed by atoms with Crippen LogP contribution in [0.2, 0.25) is 0 Å². The molecule has 2 aromatic carbocycles. The molecule has 0 radical (unpaired) electrons. The molecule has 3 rings (SSSR count). The Morgan fingerprint density at radius 2 is 2.00 bits per heavy atom. The maximum Gasteiger partial charge on any atom is 0.231 e. The van der Waals surface area contributed by atoms with E-state index in [1.165, 1.54) is 5.56 Å². The molecule has 136 valence electrons. The van der Waals surface area contributed by atoms with Gasteiger partial charge in [0.05, 0.1) is 5.56 Å². The molecule has 0 spiro atoms. The highest BCUT2D eigenvalue weighted by molar-refractivity contribution is 5.91. The Labute approximate surface area is 153 Å². The number of unbranched alkanes of at least 4 members (excludes halogenated alkanes) is 2. The van der Waals surface area contributed by atoms with Gasteiger partial charge in [0, 0.05) is 12.1 Å². The van der Waals surface area contributed by atoms with Crippen LogP contribution in [0, 0.1) is 0 Å². The number of anilines is 1. The van der Waals surface area contributed by atoms with Crippen molar-refractivity contribution in [2.45, 2.75) is 46.0 Å². The normalized spacial score (nSPS) is 11.0. The molecular formula is C21H24N2O3. The Morgan fingerprint density at radius 3 is 2.77 bits per heavy atom. The number of nitrogens with one attached hydrogen (secondary N) is 1. The number of hydrogen-bond acceptors (Lipinski definition) is 4. The molecule has 2 N–H and O–H groups in total. The number of benzene rings is 2. The number of rotatable bonds is 7. The van der Waals surface area contributed by atoms with Gasteiger partial charge in [-0.05, 0) is 48.7 Å². The number of nitrogens with zero attached hydrogens (tertiary/aromatic N) is 1. The number of amides is 1. The van der Waals surface area contributed by atoms with Crippen molar-refractivity contribution < 1.29 is 14.3 Å². The Bertz CT molecular complexity index is 915. The van der Waals surface area contributed by atoms with Gasteiger partial charge in [0.2, 0.25) is 11.8 Å². The number of aromatic hydroxyl groups is 1. The first kappa shape index (κ1) is 18.0. The minimum atomic E-state index is -0.0276. The Morgan fingerprint density at radius 1 is 1.15 bits per heavy atom. The van der Waals surface area contributed by atoms with Crippen LogP contribution in [0.5, 0.6) is 5.75 Å². The van der Waals surface area contributed by atoms with Crippen LogP contribution < -0.4 is 5.32 Å². The quantitative estimate of drug-likeness (QED) is 0.448. The van der Waals surface area contributed by atoms with Crippen LogP contribution in [-0.4, -0.2) is 16.0 Å². The molecule has 0 saturated carbocycles. The van der Waals surface area contributed by atoms with E-state index in [-0.39, 0.29) is 11.7 Å². The minimum absolute atomic E-state index is 0.0276. The van der Waals surface area contributed by atoms with E-state index in [9.17, 15) is 9.90 Å². The van der Waals surface area contributed by atoms with Gasteiger partial charge in [-0.25, -0.2) is 4.98 Å². The summed E-state index contributed by atoms with van der Waals surface area (Å²) >= 11 is 0. The van der Waals surface area contributed by atoms with Crippen LogP contribution in [-0.2, 0) is 11.2 Å². The molecule has 26 heavy (non-hydrogen) atoms. The van der Waals surface area contributed by atoms with Crippen molar-refractivity contribution in [2.75, 3.05) is 5.32 Å². The summed E-state index contributed by atoms with van der Waals surface area (Å²) in [4.78, 5) is 16.5. The van der Waals surface area contributed by atoms with Gasteiger partial charge in [0.1, 0.15) is 11.3 Å². The average molecular weight is 352 g/mol. The summed E-state index contributed by atoms with van der Waals surface area (Å²) in [6, 6.07) is 10.8. The van der Waals surface area contributed by atoms with Crippen molar-refractivity contribution in [3.63, 3.8) is 0 Å². The lowest BCUT2D eigenvalue weighted by atomic mass is 10.1. The summed E-state index contributed by atoms with van der Waals surface area (Å²) in [6.07, 6.45) is 4.40. The van der Waals surface area contributed by atoms with E-state index >= 15 is 0 Å². The molecule has 1 aromatic heterocycles. The van der Waals surface area contributed by atoms with E-state index in [2.05, 4.69) is 24.1 Å². The van der Waals surface area contributed by atoms with Crippen molar-refractivity contribution in [1.29, 1.82) is 0 Å². The van der Waals surface area contributed by atoms with E-state index in [1.54, 1.807) is 18.2 Å². The van der Waals surface area contributed by atoms with Crippen molar-refractivity contribution in [3.05, 3.63) is 42.0 Å². The van der Waals surface area contributed by atoms with Crippen LogP contribution in [0.15, 0.2) is 40.8 Å². The van der Waals surface area contributed by atoms with E-state index < -0.39 is 0 Å². The third-order valence-electron chi connectivity index (χ3n) is 4.38. The largest absolute Gasteiger partial charge is 0.507 e. The van der Waals surface area contributed by atoms with Crippen molar-refractivity contribution >= 4 is 22.7 Å². The molecule has 0 fully saturated rings. The van der Waals surface area contributed by atoms with Gasteiger partial charge in [-0.15, -0.1) is 0 Å². The minimum Gasteiger partial charge on any atom is -0.507 e. The van der Waals surface area contributed by atoms with Crippen LogP contribution in [0.3, 0.4) is 0 Å². The topological polar surface area (TPSA) is 75.4 Å². The van der Waals surface area contributed by atoms with Crippen LogP contribution in [0.4, 0.5) is 5.69 Å². The van der Waals surface area contributed by atoms with Crippen molar-refractivity contribution in [3.8, 4) is 17.2 Å². The smallest absolute Gasteiger partial charge is 0.231 e. The van der Waals surface area contributed by atoms with Crippen molar-refractivity contribution in [2.24, 2.45) is 0 Å². The molecule has 0 aliphatic heterocycles. The summed E-state index contributed by atoms with van der Waals surface area (Å²) in [5.74, 6) is 0.379. The second kappa shape index (κ2) is 8.04. The second-order valence-electron chi connectivity index (χ2n) is 6.41. The lowest BCUT2D eigenvalue weighted by Gasteiger charge is -2.07. The summed E-state index contributed by atoms with van der Waals surface area (Å²) in [6.45, 7) is 4.19. The number of hydrogen-bond donors (Lipinski definition) is 2. The van der Waals surface area contributed by atoms with Gasteiger partial charge >= 0.3 is 0 Å². The highest BCUT2D eigenvalue weighted by atomic mass is 16.3. The van der Waals surface area contributed by atoms with Crippen LogP contribution >= 0.6 is 0 Å². The molecule has 3 aromatic rings. The summed E-state index contributed by atoms with van der Waals surface area (Å²) in [7, 11) is 0. The molecule has 0 atom stereocenters. The molecule has 0 unspecified atom stereocenters. The predicted molar refractivity (Wildman–Crippen MR) is 103 cm³/mol. The summed E-state index contributed by atoms with van der Waals surface area (Å²) in [5, 5.41) is 13.1. The third kappa shape index (κ3) is 4.04. The van der Waals surface area contributed by atoms with Crippen molar-refractivity contribution in [1.82, 2.24) is 4.98 Å². The highest BCUT2D eigenvalue weighted by Gasteiger charge is 2.14. The zero-order valence-corrected chi connectivity index (χ0v) is 15.2. The lowest BCUT2D eigenvalue weighted by molar-refractivity contribution is -0.116. The fraction of sp³-hybridized carbons (Fsp3) is 0.333. The number of aryl methyl sites for hydroxylation is 1. The third-order valence-corrected chi connectivity index (χ3v) is 4.38. The number of carbonyl (C=O) groups is 1. The number of aromatic nitrogens is 1. The van der Waals surface area contributed by atoms with Gasteiger partial charge in [0.25, 0.3) is 0 Å². The van der Waals surface area contributed by atoms with E-state index in [4.69, 9.17) is 4.42 Å². The first-order valence-electron chi connectivity index (χ1n) is 9.13. The molecule has 5 nitrogen and oxygen atoms in total. The zero-order chi connectivity index (χ0) is 18.5. The fourth-order valence-corrected chi connectivity index (χ4v) is 2.85. The van der Waals surface area contributed by atoms with E-state index in [0.29, 0.717) is 29.1 Å². The molecule has 5 heteroatoms. The van der Waals surface area contributed by atoms with Crippen LogP contribution in [0.25, 0.3) is 22.6 Å². The zero-order valence-electron chi connectivity index (χ0n) is 15.2. The molecule has 0 aliphatic rings. The fourth-order valence-electron chi connectivity index (χ4n) is 2.85. The Balaban J connectivity index is 1.84. The number of phenols is 1. The molecule has 1 amide bonds. The standard InChI is InChI=1S/C21H24N2O3/c1-3-5-6-7-20(25)22-15-9-10-18(24)16(13-15)21-23-17-12-14(4-2)8-11-19(17)26-21/h8-13,24H,3-7H2,1-2H3,(H,22,25). The lowest BCUT2D eigenvalue weighted by Crippen LogP contribution is -2.11. The number of oxazole rings is 1. The maximum absolute atomic E-state index is 12.0. The van der Waals surface area contributed by atoms with Gasteiger partial charge in [-0.2, -0.15) is 0 Å².